The molecule has 0 aliphatic carbocycles. The molecular formula is C8H16O3. The maximum Gasteiger partial charge on any atom is 0.309 e. The molecule has 0 fully saturated rings. The molecule has 1 atom stereocenters. The van der Waals surface area contributed by atoms with Crippen LogP contribution in [0.1, 0.15) is 33.1 Å². The first-order chi connectivity index (χ1) is 5.06. The van der Waals surface area contributed by atoms with Crippen LogP contribution in [0.4, 0.5) is 0 Å². The van der Waals surface area contributed by atoms with Gasteiger partial charge in [-0.25, -0.2) is 0 Å². The smallest absolute Gasteiger partial charge is 0.309 e. The second-order valence-electron chi connectivity index (χ2n) is 3.05. The average Bonchev–Trinajstić information content (AvgIpc) is 2.00. The van der Waals surface area contributed by atoms with Crippen LogP contribution >= 0.6 is 0 Å². The SMILES string of the molecule is CCC(C)(CCCO)C(=O)O. The van der Waals surface area contributed by atoms with E-state index in [9.17, 15) is 4.79 Å². The van der Waals surface area contributed by atoms with Crippen molar-refractivity contribution in [2.45, 2.75) is 33.1 Å². The molecule has 1 unspecified atom stereocenters. The molecule has 11 heavy (non-hydrogen) atoms. The van der Waals surface area contributed by atoms with Gasteiger partial charge in [0.2, 0.25) is 0 Å². The van der Waals surface area contributed by atoms with Crippen molar-refractivity contribution in [1.29, 1.82) is 0 Å². The first-order valence-corrected chi connectivity index (χ1v) is 3.91. The molecule has 0 saturated carbocycles. The van der Waals surface area contributed by atoms with Gasteiger partial charge >= 0.3 is 5.97 Å². The average molecular weight is 160 g/mol. The van der Waals surface area contributed by atoms with E-state index in [0.717, 1.165) is 0 Å². The molecule has 0 radical (unpaired) electrons. The maximum absolute atomic E-state index is 10.7. The maximum atomic E-state index is 10.7. The van der Waals surface area contributed by atoms with Gasteiger partial charge in [-0.3, -0.25) is 4.79 Å². The van der Waals surface area contributed by atoms with Crippen LogP contribution < -0.4 is 0 Å². The van der Waals surface area contributed by atoms with E-state index < -0.39 is 11.4 Å². The van der Waals surface area contributed by atoms with Gasteiger partial charge in [0.25, 0.3) is 0 Å². The van der Waals surface area contributed by atoms with Crippen LogP contribution in [-0.2, 0) is 4.79 Å². The largest absolute Gasteiger partial charge is 0.481 e. The van der Waals surface area contributed by atoms with Crippen LogP contribution in [0.2, 0.25) is 0 Å². The molecule has 0 aliphatic rings. The van der Waals surface area contributed by atoms with Gasteiger partial charge in [-0.2, -0.15) is 0 Å². The summed E-state index contributed by atoms with van der Waals surface area (Å²) < 4.78 is 0. The zero-order chi connectivity index (χ0) is 8.91. The third kappa shape index (κ3) is 2.89. The number of hydrogen-bond donors (Lipinski definition) is 2. The second-order valence-corrected chi connectivity index (χ2v) is 3.05. The molecular weight excluding hydrogens is 144 g/mol. The molecule has 3 heteroatoms. The monoisotopic (exact) mass is 160 g/mol. The van der Waals surface area contributed by atoms with Crippen molar-refractivity contribution in [1.82, 2.24) is 0 Å². The summed E-state index contributed by atoms with van der Waals surface area (Å²) in [6.07, 6.45) is 1.73. The van der Waals surface area contributed by atoms with Gasteiger partial charge in [0.15, 0.2) is 0 Å². The van der Waals surface area contributed by atoms with E-state index in [4.69, 9.17) is 10.2 Å². The lowest BCUT2D eigenvalue weighted by molar-refractivity contribution is -0.148. The summed E-state index contributed by atoms with van der Waals surface area (Å²) in [4.78, 5) is 10.7. The van der Waals surface area contributed by atoms with Crippen molar-refractivity contribution in [2.24, 2.45) is 5.41 Å². The van der Waals surface area contributed by atoms with E-state index in [1.165, 1.54) is 0 Å². The van der Waals surface area contributed by atoms with E-state index in [0.29, 0.717) is 19.3 Å². The Bertz CT molecular complexity index is 133. The van der Waals surface area contributed by atoms with Crippen LogP contribution in [0.5, 0.6) is 0 Å². The molecule has 0 bridgehead atoms. The molecule has 0 amide bonds. The minimum absolute atomic E-state index is 0.0723. The van der Waals surface area contributed by atoms with Crippen LogP contribution in [0.25, 0.3) is 0 Å². The van der Waals surface area contributed by atoms with Crippen LogP contribution in [0.15, 0.2) is 0 Å². The summed E-state index contributed by atoms with van der Waals surface area (Å²) >= 11 is 0. The van der Waals surface area contributed by atoms with Crippen molar-refractivity contribution in [3.8, 4) is 0 Å². The Labute approximate surface area is 67.0 Å². The summed E-state index contributed by atoms with van der Waals surface area (Å²) in [6.45, 7) is 3.64. The number of carboxylic acid groups (broad SMARTS) is 1. The number of aliphatic carboxylic acids is 1. The highest BCUT2D eigenvalue weighted by Crippen LogP contribution is 2.27. The Hall–Kier alpha value is -0.570. The third-order valence-corrected chi connectivity index (χ3v) is 2.18. The van der Waals surface area contributed by atoms with E-state index >= 15 is 0 Å². The fraction of sp³-hybridized carbons (Fsp3) is 0.875. The van der Waals surface area contributed by atoms with Crippen LogP contribution in [0, 0.1) is 5.41 Å². The van der Waals surface area contributed by atoms with Crippen molar-refractivity contribution in [3.63, 3.8) is 0 Å². The minimum atomic E-state index is -0.770. The van der Waals surface area contributed by atoms with Gasteiger partial charge in [-0.15, -0.1) is 0 Å². The number of rotatable bonds is 5. The summed E-state index contributed by atoms with van der Waals surface area (Å²) in [7, 11) is 0. The van der Waals surface area contributed by atoms with Crippen molar-refractivity contribution in [2.75, 3.05) is 6.61 Å². The Morgan fingerprint density at radius 3 is 2.36 bits per heavy atom. The molecule has 66 valence electrons. The number of carboxylic acids is 1. The minimum Gasteiger partial charge on any atom is -0.481 e. The highest BCUT2D eigenvalue weighted by Gasteiger charge is 2.29. The lowest BCUT2D eigenvalue weighted by atomic mass is 9.83. The van der Waals surface area contributed by atoms with Crippen molar-refractivity contribution >= 4 is 5.97 Å². The van der Waals surface area contributed by atoms with E-state index in [1.807, 2.05) is 6.92 Å². The Morgan fingerprint density at radius 2 is 2.09 bits per heavy atom. The van der Waals surface area contributed by atoms with E-state index in [-0.39, 0.29) is 6.61 Å². The highest BCUT2D eigenvalue weighted by molar-refractivity contribution is 5.73. The van der Waals surface area contributed by atoms with Crippen LogP contribution in [-0.4, -0.2) is 22.8 Å². The Morgan fingerprint density at radius 1 is 1.55 bits per heavy atom. The molecule has 0 aliphatic heterocycles. The normalized spacial score (nSPS) is 15.9. The molecule has 2 N–H and O–H groups in total. The third-order valence-electron chi connectivity index (χ3n) is 2.18. The Kier molecular flexibility index (Phi) is 4.11. The van der Waals surface area contributed by atoms with E-state index in [1.54, 1.807) is 6.92 Å². The number of aliphatic hydroxyl groups excluding tert-OH is 1. The van der Waals surface area contributed by atoms with Crippen molar-refractivity contribution in [3.05, 3.63) is 0 Å². The zero-order valence-corrected chi connectivity index (χ0v) is 7.13. The summed E-state index contributed by atoms with van der Waals surface area (Å²) in [6, 6.07) is 0. The predicted octanol–water partition coefficient (Wildman–Crippen LogP) is 1.26. The zero-order valence-electron chi connectivity index (χ0n) is 7.13. The molecule has 0 aromatic carbocycles. The molecule has 3 nitrogen and oxygen atoms in total. The summed E-state index contributed by atoms with van der Waals surface area (Å²) in [5.41, 5.74) is -0.650. The highest BCUT2D eigenvalue weighted by atomic mass is 16.4. The van der Waals surface area contributed by atoms with Crippen molar-refractivity contribution < 1.29 is 15.0 Å². The lowest BCUT2D eigenvalue weighted by Gasteiger charge is -2.21. The molecule has 0 aromatic heterocycles. The number of aliphatic hydroxyl groups is 1. The number of carbonyl (C=O) groups is 1. The first kappa shape index (κ1) is 10.4. The molecule has 0 heterocycles. The fourth-order valence-corrected chi connectivity index (χ4v) is 0.904. The molecule has 0 aromatic rings. The summed E-state index contributed by atoms with van der Waals surface area (Å²) in [5.74, 6) is -0.770. The van der Waals surface area contributed by atoms with Gasteiger partial charge in [-0.1, -0.05) is 6.92 Å². The predicted molar refractivity (Wildman–Crippen MR) is 42.4 cm³/mol. The lowest BCUT2D eigenvalue weighted by Crippen LogP contribution is -2.26. The van der Waals surface area contributed by atoms with Gasteiger partial charge in [0.1, 0.15) is 0 Å². The fourth-order valence-electron chi connectivity index (χ4n) is 0.904. The van der Waals surface area contributed by atoms with Gasteiger partial charge in [-0.05, 0) is 26.2 Å². The van der Waals surface area contributed by atoms with Gasteiger partial charge in [0, 0.05) is 6.61 Å². The van der Waals surface area contributed by atoms with E-state index in [2.05, 4.69) is 0 Å². The van der Waals surface area contributed by atoms with Gasteiger partial charge in [0.05, 0.1) is 5.41 Å². The topological polar surface area (TPSA) is 57.5 Å². The summed E-state index contributed by atoms with van der Waals surface area (Å²) in [5, 5.41) is 17.3. The molecule has 0 spiro atoms. The standard InChI is InChI=1S/C8H16O3/c1-3-8(2,7(10)11)5-4-6-9/h9H,3-6H2,1-2H3,(H,10,11). The molecule has 0 rings (SSSR count). The Balaban J connectivity index is 3.99. The number of hydrogen-bond acceptors (Lipinski definition) is 2. The molecule has 0 saturated heterocycles. The van der Waals surface area contributed by atoms with Gasteiger partial charge < -0.3 is 10.2 Å². The second kappa shape index (κ2) is 4.34. The van der Waals surface area contributed by atoms with Crippen LogP contribution in [0.3, 0.4) is 0 Å². The first-order valence-electron chi connectivity index (χ1n) is 3.91. The quantitative estimate of drug-likeness (QED) is 0.636.